The summed E-state index contributed by atoms with van der Waals surface area (Å²) in [5.74, 6) is -0.501. The highest BCUT2D eigenvalue weighted by Gasteiger charge is 2.24. The van der Waals surface area contributed by atoms with Gasteiger partial charge in [-0.1, -0.05) is 13.0 Å². The number of rotatable bonds is 7. The van der Waals surface area contributed by atoms with Crippen LogP contribution in [0.1, 0.15) is 25.8 Å². The van der Waals surface area contributed by atoms with Gasteiger partial charge in [-0.3, -0.25) is 10.1 Å². The van der Waals surface area contributed by atoms with E-state index in [1.165, 1.54) is 12.1 Å². The first-order valence-corrected chi connectivity index (χ1v) is 6.34. The predicted octanol–water partition coefficient (Wildman–Crippen LogP) is 1.77. The molecule has 7 nitrogen and oxygen atoms in total. The molecule has 0 saturated heterocycles. The van der Waals surface area contributed by atoms with Crippen molar-refractivity contribution in [1.82, 2.24) is 0 Å². The third-order valence-electron chi connectivity index (χ3n) is 2.65. The zero-order valence-electron chi connectivity index (χ0n) is 11.5. The molecule has 0 amide bonds. The van der Waals surface area contributed by atoms with Gasteiger partial charge in [-0.15, -0.1) is 0 Å². The van der Waals surface area contributed by atoms with Crippen LogP contribution in [0.5, 0.6) is 5.75 Å². The normalized spacial score (nSPS) is 11.8. The summed E-state index contributed by atoms with van der Waals surface area (Å²) in [7, 11) is 0. The largest absolute Gasteiger partial charge is 0.472 e. The van der Waals surface area contributed by atoms with E-state index < -0.39 is 17.0 Å². The number of nitrogens with zero attached hydrogens (tertiary/aromatic N) is 1. The Morgan fingerprint density at radius 3 is 2.65 bits per heavy atom. The number of nitrogens with two attached hydrogens (primary N) is 1. The van der Waals surface area contributed by atoms with Crippen molar-refractivity contribution in [2.24, 2.45) is 5.73 Å². The summed E-state index contributed by atoms with van der Waals surface area (Å²) in [5, 5.41) is 11.0. The summed E-state index contributed by atoms with van der Waals surface area (Å²) in [4.78, 5) is 22.1. The maximum absolute atomic E-state index is 11.6. The molecular weight excluding hydrogens is 264 g/mol. The number of esters is 1. The van der Waals surface area contributed by atoms with Crippen molar-refractivity contribution in [3.63, 3.8) is 0 Å². The third kappa shape index (κ3) is 3.92. The second-order valence-electron chi connectivity index (χ2n) is 4.03. The predicted molar refractivity (Wildman–Crippen MR) is 72.3 cm³/mol. The number of benzene rings is 1. The van der Waals surface area contributed by atoms with Crippen LogP contribution in [0.3, 0.4) is 0 Å². The maximum Gasteiger partial charge on any atom is 0.347 e. The zero-order valence-corrected chi connectivity index (χ0v) is 11.5. The van der Waals surface area contributed by atoms with Crippen molar-refractivity contribution in [2.75, 3.05) is 6.61 Å². The lowest BCUT2D eigenvalue weighted by molar-refractivity contribution is -0.386. The number of hydrogen-bond acceptors (Lipinski definition) is 6. The Kier molecular flexibility index (Phi) is 5.92. The van der Waals surface area contributed by atoms with Crippen LogP contribution in [0.2, 0.25) is 0 Å². The van der Waals surface area contributed by atoms with Crippen LogP contribution in [-0.2, 0) is 16.1 Å². The molecule has 0 bridgehead atoms. The molecule has 1 rings (SSSR count). The number of carbonyl (C=O) groups excluding carboxylic acids is 1. The summed E-state index contributed by atoms with van der Waals surface area (Å²) in [6.45, 7) is 3.84. The van der Waals surface area contributed by atoms with Gasteiger partial charge >= 0.3 is 11.7 Å². The molecule has 110 valence electrons. The van der Waals surface area contributed by atoms with E-state index in [0.717, 1.165) is 0 Å². The first-order chi connectivity index (χ1) is 9.53. The highest BCUT2D eigenvalue weighted by Crippen LogP contribution is 2.29. The molecule has 0 fully saturated rings. The molecule has 0 heterocycles. The van der Waals surface area contributed by atoms with Crippen molar-refractivity contribution in [2.45, 2.75) is 32.9 Å². The molecular formula is C13H18N2O5. The fourth-order valence-electron chi connectivity index (χ4n) is 1.62. The average molecular weight is 282 g/mol. The van der Waals surface area contributed by atoms with Gasteiger partial charge in [0.05, 0.1) is 11.5 Å². The Bertz CT molecular complexity index is 490. The quantitative estimate of drug-likeness (QED) is 0.464. The van der Waals surface area contributed by atoms with E-state index >= 15 is 0 Å². The van der Waals surface area contributed by atoms with Gasteiger partial charge in [-0.2, -0.15) is 0 Å². The van der Waals surface area contributed by atoms with E-state index in [2.05, 4.69) is 0 Å². The van der Waals surface area contributed by atoms with Crippen molar-refractivity contribution in [1.29, 1.82) is 0 Å². The topological polar surface area (TPSA) is 105 Å². The molecule has 1 aromatic carbocycles. The van der Waals surface area contributed by atoms with Gasteiger partial charge in [0.25, 0.3) is 0 Å². The van der Waals surface area contributed by atoms with Crippen LogP contribution in [0.25, 0.3) is 0 Å². The second kappa shape index (κ2) is 7.44. The molecule has 7 heteroatoms. The third-order valence-corrected chi connectivity index (χ3v) is 2.65. The molecule has 20 heavy (non-hydrogen) atoms. The van der Waals surface area contributed by atoms with Gasteiger partial charge in [0, 0.05) is 12.6 Å². The van der Waals surface area contributed by atoms with Gasteiger partial charge in [-0.05, 0) is 25.0 Å². The smallest absolute Gasteiger partial charge is 0.347 e. The van der Waals surface area contributed by atoms with E-state index in [9.17, 15) is 14.9 Å². The van der Waals surface area contributed by atoms with Crippen molar-refractivity contribution in [3.05, 3.63) is 33.9 Å². The highest BCUT2D eigenvalue weighted by molar-refractivity contribution is 5.75. The minimum atomic E-state index is -0.864. The van der Waals surface area contributed by atoms with Gasteiger partial charge < -0.3 is 15.2 Å². The lowest BCUT2D eigenvalue weighted by atomic mass is 10.2. The van der Waals surface area contributed by atoms with Crippen molar-refractivity contribution < 1.29 is 19.2 Å². The first kappa shape index (κ1) is 15.9. The molecule has 0 aliphatic heterocycles. The van der Waals surface area contributed by atoms with Crippen LogP contribution in [0, 0.1) is 10.1 Å². The maximum atomic E-state index is 11.6. The van der Waals surface area contributed by atoms with E-state index in [-0.39, 0.29) is 24.6 Å². The van der Waals surface area contributed by atoms with Gasteiger partial charge in [0.15, 0.2) is 11.9 Å². The summed E-state index contributed by atoms with van der Waals surface area (Å²) < 4.78 is 10.3. The minimum Gasteiger partial charge on any atom is -0.472 e. The molecule has 1 unspecified atom stereocenters. The highest BCUT2D eigenvalue weighted by atomic mass is 16.6. The molecule has 0 aromatic heterocycles. The summed E-state index contributed by atoms with van der Waals surface area (Å²) >= 11 is 0. The molecule has 0 spiro atoms. The monoisotopic (exact) mass is 282 g/mol. The average Bonchev–Trinajstić information content (AvgIpc) is 2.44. The number of nitro benzene ring substituents is 1. The second-order valence-corrected chi connectivity index (χ2v) is 4.03. The summed E-state index contributed by atoms with van der Waals surface area (Å²) in [6, 6.07) is 4.41. The van der Waals surface area contributed by atoms with E-state index in [1.807, 2.05) is 0 Å². The Morgan fingerprint density at radius 1 is 1.45 bits per heavy atom. The van der Waals surface area contributed by atoms with Crippen LogP contribution >= 0.6 is 0 Å². The summed E-state index contributed by atoms with van der Waals surface area (Å²) in [5.41, 5.74) is 5.85. The van der Waals surface area contributed by atoms with E-state index in [4.69, 9.17) is 15.2 Å². The molecule has 2 N–H and O–H groups in total. The van der Waals surface area contributed by atoms with E-state index in [0.29, 0.717) is 12.0 Å². The SMILES string of the molecule is CCOC(=O)C(CC)Oc1ccc(CN)cc1[N+](=O)[O-]. The number of carbonyl (C=O) groups is 1. The minimum absolute atomic E-state index is 0.0344. The van der Waals surface area contributed by atoms with Gasteiger partial charge in [-0.25, -0.2) is 4.79 Å². The molecule has 1 aromatic rings. The molecule has 0 saturated carbocycles. The molecule has 0 radical (unpaired) electrons. The van der Waals surface area contributed by atoms with Crippen LogP contribution in [-0.4, -0.2) is 23.6 Å². The lowest BCUT2D eigenvalue weighted by Gasteiger charge is -2.16. The van der Waals surface area contributed by atoms with Crippen molar-refractivity contribution in [3.8, 4) is 5.75 Å². The summed E-state index contributed by atoms with van der Waals surface area (Å²) in [6.07, 6.45) is -0.508. The number of nitro groups is 1. The first-order valence-electron chi connectivity index (χ1n) is 6.34. The van der Waals surface area contributed by atoms with Gasteiger partial charge in [0.2, 0.25) is 0 Å². The number of ether oxygens (including phenoxy) is 2. The molecule has 0 aliphatic carbocycles. The number of hydrogen-bond donors (Lipinski definition) is 1. The Hall–Kier alpha value is -2.15. The fraction of sp³-hybridized carbons (Fsp3) is 0.462. The Labute approximate surface area is 116 Å². The Morgan fingerprint density at radius 2 is 2.15 bits per heavy atom. The zero-order chi connectivity index (χ0) is 15.1. The standard InChI is InChI=1S/C13H18N2O5/c1-3-11(13(16)19-4-2)20-12-6-5-9(8-14)7-10(12)15(17)18/h5-7,11H,3-4,8,14H2,1-2H3. The molecule has 0 aliphatic rings. The van der Waals surface area contributed by atoms with Gasteiger partial charge in [0.1, 0.15) is 0 Å². The lowest BCUT2D eigenvalue weighted by Crippen LogP contribution is -2.29. The fourth-order valence-corrected chi connectivity index (χ4v) is 1.62. The Balaban J connectivity index is 3.00. The van der Waals surface area contributed by atoms with E-state index in [1.54, 1.807) is 19.9 Å². The molecule has 1 atom stereocenters. The van der Waals surface area contributed by atoms with Crippen LogP contribution in [0.4, 0.5) is 5.69 Å². The van der Waals surface area contributed by atoms with Crippen molar-refractivity contribution >= 4 is 11.7 Å². The van der Waals surface area contributed by atoms with Crippen LogP contribution < -0.4 is 10.5 Å². The van der Waals surface area contributed by atoms with Crippen LogP contribution in [0.15, 0.2) is 18.2 Å².